The normalized spacial score (nSPS) is 15.2. The lowest BCUT2D eigenvalue weighted by Crippen LogP contribution is -2.39. The van der Waals surface area contributed by atoms with E-state index in [1.54, 1.807) is 12.1 Å². The van der Waals surface area contributed by atoms with E-state index in [0.717, 1.165) is 35.7 Å². The molecule has 2 heterocycles. The lowest BCUT2D eigenvalue weighted by atomic mass is 9.88. The monoisotopic (exact) mass is 362 g/mol. The molecule has 0 bridgehead atoms. The van der Waals surface area contributed by atoms with Gasteiger partial charge in [0.05, 0.1) is 5.56 Å². The van der Waals surface area contributed by atoms with Crippen molar-refractivity contribution in [3.05, 3.63) is 71.4 Å². The Bertz CT molecular complexity index is 951. The molecule has 0 spiro atoms. The number of aromatic carboxylic acids is 1. The number of nitrogens with one attached hydrogen (secondary N) is 1. The van der Waals surface area contributed by atoms with E-state index in [4.69, 9.17) is 0 Å². The van der Waals surface area contributed by atoms with Gasteiger partial charge in [-0.05, 0) is 48.9 Å². The van der Waals surface area contributed by atoms with Gasteiger partial charge in [0, 0.05) is 24.0 Å². The number of carbonyl (C=O) groups is 2. The maximum atomic E-state index is 12.8. The average Bonchev–Trinajstić information content (AvgIpc) is 3.12. The van der Waals surface area contributed by atoms with Crippen molar-refractivity contribution in [2.75, 3.05) is 13.1 Å². The van der Waals surface area contributed by atoms with Crippen molar-refractivity contribution in [2.24, 2.45) is 5.92 Å². The Hall–Kier alpha value is -3.08. The van der Waals surface area contributed by atoms with Crippen LogP contribution in [0.25, 0.3) is 10.9 Å². The smallest absolute Gasteiger partial charge is 0.335 e. The molecule has 0 saturated carbocycles. The van der Waals surface area contributed by atoms with E-state index in [1.807, 2.05) is 47.4 Å². The van der Waals surface area contributed by atoms with Crippen LogP contribution in [0, 0.1) is 5.92 Å². The molecule has 138 valence electrons. The first-order valence-corrected chi connectivity index (χ1v) is 9.30. The number of hydrogen-bond donors (Lipinski definition) is 2. The number of carbonyl (C=O) groups excluding carboxylic acids is 1. The first-order valence-electron chi connectivity index (χ1n) is 9.30. The van der Waals surface area contributed by atoms with Crippen LogP contribution in [0.15, 0.2) is 54.6 Å². The Labute approximate surface area is 157 Å². The van der Waals surface area contributed by atoms with Gasteiger partial charge in [-0.15, -0.1) is 0 Å². The van der Waals surface area contributed by atoms with Crippen LogP contribution >= 0.6 is 0 Å². The van der Waals surface area contributed by atoms with Gasteiger partial charge in [0.1, 0.15) is 5.69 Å². The second kappa shape index (κ2) is 7.27. The number of carboxylic acids is 1. The maximum absolute atomic E-state index is 12.8. The maximum Gasteiger partial charge on any atom is 0.335 e. The predicted octanol–water partition coefficient (Wildman–Crippen LogP) is 3.96. The highest BCUT2D eigenvalue weighted by atomic mass is 16.4. The fourth-order valence-electron chi connectivity index (χ4n) is 3.92. The standard InChI is InChI=1S/C22H22N2O3/c25-21(20-14-17-6-2-4-8-19(17)23-20)24-11-9-15(10-12-24)13-16-5-1-3-7-18(16)22(26)27/h1-8,14-15,23H,9-13H2,(H,26,27). The zero-order valence-electron chi connectivity index (χ0n) is 15.0. The van der Waals surface area contributed by atoms with Gasteiger partial charge in [-0.2, -0.15) is 0 Å². The highest BCUT2D eigenvalue weighted by Crippen LogP contribution is 2.25. The van der Waals surface area contributed by atoms with E-state index in [2.05, 4.69) is 4.98 Å². The second-order valence-electron chi connectivity index (χ2n) is 7.17. The van der Waals surface area contributed by atoms with Crippen LogP contribution in [0.5, 0.6) is 0 Å². The van der Waals surface area contributed by atoms with Gasteiger partial charge < -0.3 is 15.0 Å². The van der Waals surface area contributed by atoms with Crippen LogP contribution in [0.1, 0.15) is 39.3 Å². The molecule has 0 radical (unpaired) electrons. The summed E-state index contributed by atoms with van der Waals surface area (Å²) in [6.07, 6.45) is 2.52. The van der Waals surface area contributed by atoms with Crippen LogP contribution in [-0.4, -0.2) is 40.0 Å². The minimum atomic E-state index is -0.878. The van der Waals surface area contributed by atoms with E-state index in [-0.39, 0.29) is 5.91 Å². The summed E-state index contributed by atoms with van der Waals surface area (Å²) in [5.74, 6) is -0.440. The van der Waals surface area contributed by atoms with Gasteiger partial charge in [0.25, 0.3) is 5.91 Å². The van der Waals surface area contributed by atoms with E-state index >= 15 is 0 Å². The lowest BCUT2D eigenvalue weighted by molar-refractivity contribution is 0.0685. The van der Waals surface area contributed by atoms with Gasteiger partial charge in [-0.25, -0.2) is 4.79 Å². The van der Waals surface area contributed by atoms with E-state index in [0.29, 0.717) is 30.3 Å². The lowest BCUT2D eigenvalue weighted by Gasteiger charge is -2.32. The van der Waals surface area contributed by atoms with Crippen LogP contribution in [0.4, 0.5) is 0 Å². The number of rotatable bonds is 4. The van der Waals surface area contributed by atoms with Crippen molar-refractivity contribution in [3.63, 3.8) is 0 Å². The Kier molecular flexibility index (Phi) is 4.67. The molecule has 4 rings (SSSR count). The fraction of sp³-hybridized carbons (Fsp3) is 0.273. The molecule has 1 aliphatic rings. The average molecular weight is 362 g/mol. The van der Waals surface area contributed by atoms with Crippen LogP contribution in [0.2, 0.25) is 0 Å². The number of fused-ring (bicyclic) bond motifs is 1. The first-order chi connectivity index (χ1) is 13.1. The summed E-state index contributed by atoms with van der Waals surface area (Å²) in [6, 6.07) is 17.0. The molecule has 3 aromatic rings. The summed E-state index contributed by atoms with van der Waals surface area (Å²) in [5.41, 5.74) is 2.87. The molecule has 5 nitrogen and oxygen atoms in total. The molecule has 1 saturated heterocycles. The number of piperidine rings is 1. The summed E-state index contributed by atoms with van der Waals surface area (Å²) in [5, 5.41) is 10.4. The Balaban J connectivity index is 1.40. The number of nitrogens with zero attached hydrogens (tertiary/aromatic N) is 1. The molecule has 1 aliphatic heterocycles. The fourth-order valence-corrected chi connectivity index (χ4v) is 3.92. The quantitative estimate of drug-likeness (QED) is 0.738. The minimum absolute atomic E-state index is 0.0376. The van der Waals surface area contributed by atoms with Gasteiger partial charge >= 0.3 is 5.97 Å². The largest absolute Gasteiger partial charge is 0.478 e. The van der Waals surface area contributed by atoms with Crippen molar-refractivity contribution in [1.82, 2.24) is 9.88 Å². The number of amides is 1. The molecule has 0 atom stereocenters. The number of H-pyrrole nitrogens is 1. The molecular formula is C22H22N2O3. The number of benzene rings is 2. The van der Waals surface area contributed by atoms with Gasteiger partial charge in [-0.1, -0.05) is 36.4 Å². The molecule has 0 aliphatic carbocycles. The van der Waals surface area contributed by atoms with Crippen LogP contribution < -0.4 is 0 Å². The van der Waals surface area contributed by atoms with Gasteiger partial charge in [-0.3, -0.25) is 4.79 Å². The Morgan fingerprint density at radius 3 is 2.48 bits per heavy atom. The summed E-state index contributed by atoms with van der Waals surface area (Å²) in [4.78, 5) is 29.3. The van der Waals surface area contributed by atoms with Crippen molar-refractivity contribution in [1.29, 1.82) is 0 Å². The minimum Gasteiger partial charge on any atom is -0.478 e. The van der Waals surface area contributed by atoms with Crippen molar-refractivity contribution in [2.45, 2.75) is 19.3 Å². The summed E-state index contributed by atoms with van der Waals surface area (Å²) in [7, 11) is 0. The zero-order chi connectivity index (χ0) is 18.8. The third kappa shape index (κ3) is 3.58. The number of aromatic amines is 1. The zero-order valence-corrected chi connectivity index (χ0v) is 15.0. The van der Waals surface area contributed by atoms with Crippen molar-refractivity contribution in [3.8, 4) is 0 Å². The molecule has 1 fully saturated rings. The number of carboxylic acid groups (broad SMARTS) is 1. The third-order valence-corrected chi connectivity index (χ3v) is 5.42. The molecule has 2 N–H and O–H groups in total. The van der Waals surface area contributed by atoms with Crippen molar-refractivity contribution >= 4 is 22.8 Å². The van der Waals surface area contributed by atoms with Crippen molar-refractivity contribution < 1.29 is 14.7 Å². The topological polar surface area (TPSA) is 73.4 Å². The van der Waals surface area contributed by atoms with Crippen LogP contribution in [-0.2, 0) is 6.42 Å². The summed E-state index contributed by atoms with van der Waals surface area (Å²) in [6.45, 7) is 1.40. The molecule has 5 heteroatoms. The molecular weight excluding hydrogens is 340 g/mol. The van der Waals surface area contributed by atoms with Gasteiger partial charge in [0.15, 0.2) is 0 Å². The third-order valence-electron chi connectivity index (χ3n) is 5.42. The number of para-hydroxylation sites is 1. The highest BCUT2D eigenvalue weighted by molar-refractivity contribution is 5.98. The summed E-state index contributed by atoms with van der Waals surface area (Å²) >= 11 is 0. The SMILES string of the molecule is O=C(O)c1ccccc1CC1CCN(C(=O)c2cc3ccccc3[nH]2)CC1. The van der Waals surface area contributed by atoms with E-state index < -0.39 is 5.97 Å². The number of hydrogen-bond acceptors (Lipinski definition) is 2. The molecule has 2 aromatic carbocycles. The second-order valence-corrected chi connectivity index (χ2v) is 7.17. The number of aromatic nitrogens is 1. The van der Waals surface area contributed by atoms with Crippen LogP contribution in [0.3, 0.4) is 0 Å². The molecule has 27 heavy (non-hydrogen) atoms. The van der Waals surface area contributed by atoms with Gasteiger partial charge in [0.2, 0.25) is 0 Å². The summed E-state index contributed by atoms with van der Waals surface area (Å²) < 4.78 is 0. The van der Waals surface area contributed by atoms with E-state index in [9.17, 15) is 14.7 Å². The predicted molar refractivity (Wildman–Crippen MR) is 104 cm³/mol. The Morgan fingerprint density at radius 1 is 1.04 bits per heavy atom. The molecule has 1 amide bonds. The molecule has 1 aromatic heterocycles. The van der Waals surface area contributed by atoms with E-state index in [1.165, 1.54) is 0 Å². The highest BCUT2D eigenvalue weighted by Gasteiger charge is 2.25. The Morgan fingerprint density at radius 2 is 1.74 bits per heavy atom. The number of likely N-dealkylation sites (tertiary alicyclic amines) is 1. The first kappa shape index (κ1) is 17.3. The molecule has 0 unspecified atom stereocenters.